The van der Waals surface area contributed by atoms with Crippen LogP contribution in [0, 0.1) is 17.8 Å². The molecule has 3 N–H and O–H groups in total. The van der Waals surface area contributed by atoms with Crippen LogP contribution in [-0.2, 0) is 20.7 Å². The fourth-order valence-electron chi connectivity index (χ4n) is 5.97. The largest absolute Gasteiger partial charge is 0.444 e. The minimum absolute atomic E-state index is 0.288. The number of nitrogens with one attached hydrogen (secondary N) is 1. The summed E-state index contributed by atoms with van der Waals surface area (Å²) in [5, 5.41) is 24.7. The molecule has 6 heteroatoms. The zero-order chi connectivity index (χ0) is 25.2. The van der Waals surface area contributed by atoms with Crippen molar-refractivity contribution in [3.63, 3.8) is 0 Å². The van der Waals surface area contributed by atoms with Gasteiger partial charge in [0.15, 0.2) is 0 Å². The van der Waals surface area contributed by atoms with Crippen LogP contribution in [0.2, 0.25) is 0 Å². The highest BCUT2D eigenvalue weighted by molar-refractivity contribution is 5.94. The molecule has 1 aromatic carbocycles. The van der Waals surface area contributed by atoms with Crippen molar-refractivity contribution in [3.05, 3.63) is 71.3 Å². The maximum atomic E-state index is 13.7. The number of hydrogen-bond acceptors (Lipinski definition) is 5. The first-order chi connectivity index (χ1) is 16.7. The van der Waals surface area contributed by atoms with E-state index in [1.807, 2.05) is 56.3 Å². The van der Waals surface area contributed by atoms with Crippen LogP contribution in [0.25, 0.3) is 0 Å². The number of aliphatic hydroxyl groups excluding tert-OH is 2. The fourth-order valence-corrected chi connectivity index (χ4v) is 5.97. The van der Waals surface area contributed by atoms with Crippen molar-refractivity contribution in [2.75, 3.05) is 0 Å². The number of amides is 1. The van der Waals surface area contributed by atoms with Crippen molar-refractivity contribution in [3.8, 4) is 0 Å². The molecule has 0 radical (unpaired) electrons. The molecule has 7 atom stereocenters. The molecule has 6 nitrogen and oxygen atoms in total. The number of hydrogen-bond donors (Lipinski definition) is 3. The van der Waals surface area contributed by atoms with E-state index in [0.717, 1.165) is 36.0 Å². The highest BCUT2D eigenvalue weighted by Gasteiger charge is 2.66. The van der Waals surface area contributed by atoms with Crippen molar-refractivity contribution >= 4 is 11.9 Å². The van der Waals surface area contributed by atoms with E-state index in [0.29, 0.717) is 18.8 Å². The third-order valence-corrected chi connectivity index (χ3v) is 8.00. The summed E-state index contributed by atoms with van der Waals surface area (Å²) in [6, 6.07) is 9.62. The summed E-state index contributed by atoms with van der Waals surface area (Å²) in [7, 11) is 0. The summed E-state index contributed by atoms with van der Waals surface area (Å²) >= 11 is 0. The highest BCUT2D eigenvalue weighted by Crippen LogP contribution is 2.50. The van der Waals surface area contributed by atoms with Gasteiger partial charge in [0.1, 0.15) is 0 Å². The van der Waals surface area contributed by atoms with Crippen molar-refractivity contribution in [2.45, 2.75) is 76.7 Å². The SMILES string of the molecule is CC1=C(C)[C@H]2[C@H](Cc3ccccc3)NC(=O)[C@]23OC(=O)/C=C\[C@H](O)CCC[C@@H](C)C/C=C\[C@H]3[C@@H]1O. The van der Waals surface area contributed by atoms with Crippen molar-refractivity contribution in [2.24, 2.45) is 17.8 Å². The van der Waals surface area contributed by atoms with E-state index in [4.69, 9.17) is 4.74 Å². The quantitative estimate of drug-likeness (QED) is 0.445. The van der Waals surface area contributed by atoms with E-state index >= 15 is 0 Å². The Morgan fingerprint density at radius 1 is 1.06 bits per heavy atom. The zero-order valence-corrected chi connectivity index (χ0v) is 20.8. The number of rotatable bonds is 2. The van der Waals surface area contributed by atoms with E-state index in [-0.39, 0.29) is 11.9 Å². The van der Waals surface area contributed by atoms with E-state index in [1.165, 1.54) is 12.2 Å². The number of aliphatic hydroxyl groups is 2. The van der Waals surface area contributed by atoms with Crippen LogP contribution in [0.1, 0.15) is 52.0 Å². The highest BCUT2D eigenvalue weighted by atomic mass is 16.6. The average molecular weight is 480 g/mol. The summed E-state index contributed by atoms with van der Waals surface area (Å²) in [6.07, 6.45) is 8.56. The van der Waals surface area contributed by atoms with Crippen molar-refractivity contribution in [1.82, 2.24) is 5.32 Å². The number of ether oxygens (including phenoxy) is 1. The van der Waals surface area contributed by atoms with Crippen LogP contribution in [0.3, 0.4) is 0 Å². The molecule has 1 spiro atoms. The summed E-state index contributed by atoms with van der Waals surface area (Å²) in [5.74, 6) is -1.82. The lowest BCUT2D eigenvalue weighted by molar-refractivity contribution is -0.175. The number of benzene rings is 1. The molecular formula is C29H37NO5. The predicted octanol–water partition coefficient (Wildman–Crippen LogP) is 3.64. The third kappa shape index (κ3) is 5.00. The molecule has 35 heavy (non-hydrogen) atoms. The Labute approximate surface area is 207 Å². The van der Waals surface area contributed by atoms with E-state index < -0.39 is 35.6 Å². The average Bonchev–Trinajstić information content (AvgIpc) is 3.09. The minimum atomic E-state index is -1.57. The number of carbonyl (C=O) groups is 2. The summed E-state index contributed by atoms with van der Waals surface area (Å²) in [6.45, 7) is 5.97. The molecule has 188 valence electrons. The lowest BCUT2D eigenvalue weighted by Gasteiger charge is -2.46. The predicted molar refractivity (Wildman–Crippen MR) is 134 cm³/mol. The first-order valence-corrected chi connectivity index (χ1v) is 12.7. The van der Waals surface area contributed by atoms with Crippen LogP contribution in [0.15, 0.2) is 65.8 Å². The van der Waals surface area contributed by atoms with Gasteiger partial charge in [-0.25, -0.2) is 4.79 Å². The van der Waals surface area contributed by atoms with Crippen LogP contribution < -0.4 is 5.32 Å². The molecule has 1 amide bonds. The lowest BCUT2D eigenvalue weighted by atomic mass is 9.63. The van der Waals surface area contributed by atoms with Gasteiger partial charge in [-0.05, 0) is 56.2 Å². The molecular weight excluding hydrogens is 442 g/mol. The Bertz CT molecular complexity index is 1030. The van der Waals surface area contributed by atoms with Gasteiger partial charge in [-0.15, -0.1) is 0 Å². The zero-order valence-electron chi connectivity index (χ0n) is 20.8. The molecule has 2 aliphatic heterocycles. The number of carbonyl (C=O) groups excluding carboxylic acids is 2. The standard InChI is InChI=1S/C29H37NO5/c1-18-9-7-13-22(31)15-16-25(32)35-29-23(14-8-10-18)27(33)20(3)19(2)26(29)24(30-28(29)34)17-21-11-5-4-6-12-21/h4-6,8,11-12,14-16,18,22-24,26-27,31,33H,7,9-10,13,17H2,1-3H3,(H,30,34)/b14-8-,16-15-/t18-,22-,23+,24+,26+,27-,29-/m1/s1. The smallest absolute Gasteiger partial charge is 0.331 e. The van der Waals surface area contributed by atoms with Gasteiger partial charge in [0.25, 0.3) is 5.91 Å². The van der Waals surface area contributed by atoms with Gasteiger partial charge < -0.3 is 20.3 Å². The summed E-state index contributed by atoms with van der Waals surface area (Å²) in [4.78, 5) is 26.8. The Balaban J connectivity index is 1.80. The number of esters is 1. The monoisotopic (exact) mass is 479 g/mol. The third-order valence-electron chi connectivity index (χ3n) is 8.00. The second-order valence-electron chi connectivity index (χ2n) is 10.4. The fraction of sp³-hybridized carbons (Fsp3) is 0.517. The van der Waals surface area contributed by atoms with Gasteiger partial charge in [-0.3, -0.25) is 4.79 Å². The molecule has 1 fully saturated rings. The molecule has 1 saturated heterocycles. The van der Waals surface area contributed by atoms with Gasteiger partial charge in [0.2, 0.25) is 5.60 Å². The Morgan fingerprint density at radius 2 is 1.80 bits per heavy atom. The lowest BCUT2D eigenvalue weighted by Crippen LogP contribution is -2.59. The van der Waals surface area contributed by atoms with E-state index in [1.54, 1.807) is 0 Å². The topological polar surface area (TPSA) is 95.9 Å². The molecule has 2 heterocycles. The van der Waals surface area contributed by atoms with Crippen molar-refractivity contribution in [1.29, 1.82) is 0 Å². The molecule has 1 aromatic rings. The molecule has 1 aliphatic carbocycles. The number of allylic oxidation sites excluding steroid dienone is 1. The molecule has 0 saturated carbocycles. The Kier molecular flexibility index (Phi) is 7.62. The molecule has 3 aliphatic rings. The van der Waals surface area contributed by atoms with Gasteiger partial charge in [0.05, 0.1) is 24.0 Å². The summed E-state index contributed by atoms with van der Waals surface area (Å²) < 4.78 is 6.06. The Morgan fingerprint density at radius 3 is 2.54 bits per heavy atom. The minimum Gasteiger partial charge on any atom is -0.444 e. The molecule has 0 unspecified atom stereocenters. The maximum absolute atomic E-state index is 13.7. The van der Waals surface area contributed by atoms with Crippen LogP contribution in [0.5, 0.6) is 0 Å². The van der Waals surface area contributed by atoms with Gasteiger partial charge in [0, 0.05) is 12.1 Å². The normalized spacial score (nSPS) is 38.0. The second kappa shape index (κ2) is 10.5. The van der Waals surface area contributed by atoms with Crippen LogP contribution in [-0.4, -0.2) is 45.9 Å². The van der Waals surface area contributed by atoms with E-state index in [9.17, 15) is 19.8 Å². The van der Waals surface area contributed by atoms with Crippen molar-refractivity contribution < 1.29 is 24.5 Å². The molecule has 0 bridgehead atoms. The van der Waals surface area contributed by atoms with Gasteiger partial charge >= 0.3 is 5.97 Å². The van der Waals surface area contributed by atoms with Gasteiger partial charge in [-0.2, -0.15) is 0 Å². The van der Waals surface area contributed by atoms with Crippen LogP contribution >= 0.6 is 0 Å². The molecule has 0 aromatic heterocycles. The first-order valence-electron chi connectivity index (χ1n) is 12.7. The van der Waals surface area contributed by atoms with Gasteiger partial charge in [-0.1, -0.05) is 67.8 Å². The second-order valence-corrected chi connectivity index (χ2v) is 10.4. The summed E-state index contributed by atoms with van der Waals surface area (Å²) in [5.41, 5.74) is 1.18. The Hall–Kier alpha value is -2.70. The van der Waals surface area contributed by atoms with Crippen LogP contribution in [0.4, 0.5) is 0 Å². The molecule has 4 rings (SSSR count). The van der Waals surface area contributed by atoms with E-state index in [2.05, 4.69) is 12.2 Å². The maximum Gasteiger partial charge on any atom is 0.331 e. The first kappa shape index (κ1) is 25.4.